The van der Waals surface area contributed by atoms with E-state index in [1.165, 1.54) is 18.2 Å². The van der Waals surface area contributed by atoms with Gasteiger partial charge in [0, 0.05) is 11.8 Å². The van der Waals surface area contributed by atoms with E-state index in [2.05, 4.69) is 24.4 Å². The molecule has 0 amide bonds. The molecule has 1 aliphatic rings. The van der Waals surface area contributed by atoms with E-state index in [1.807, 2.05) is 12.1 Å². The van der Waals surface area contributed by atoms with Crippen molar-refractivity contribution in [1.29, 1.82) is 0 Å². The molecule has 3 nitrogen and oxygen atoms in total. The molecule has 1 atom stereocenters. The Hall–Kier alpha value is -0.870. The van der Waals surface area contributed by atoms with E-state index in [1.54, 1.807) is 0 Å². The van der Waals surface area contributed by atoms with E-state index in [9.17, 15) is 8.42 Å². The van der Waals surface area contributed by atoms with E-state index in [4.69, 9.17) is 0 Å². The minimum Gasteiger partial charge on any atom is -0.308 e. The summed E-state index contributed by atoms with van der Waals surface area (Å²) >= 11 is 0. The summed E-state index contributed by atoms with van der Waals surface area (Å²) in [5.41, 5.74) is 2.48. The highest BCUT2D eigenvalue weighted by atomic mass is 32.2. The molecule has 1 unspecified atom stereocenters. The summed E-state index contributed by atoms with van der Waals surface area (Å²) in [6.07, 6.45) is 4.26. The van der Waals surface area contributed by atoms with Gasteiger partial charge in [-0.25, -0.2) is 8.42 Å². The largest absolute Gasteiger partial charge is 0.308 e. The van der Waals surface area contributed by atoms with Crippen molar-refractivity contribution in [3.05, 3.63) is 35.4 Å². The highest BCUT2D eigenvalue weighted by Gasteiger charge is 2.29. The maximum atomic E-state index is 11.1. The lowest BCUT2D eigenvalue weighted by Gasteiger charge is -2.25. The lowest BCUT2D eigenvalue weighted by atomic mass is 9.90. The van der Waals surface area contributed by atoms with Gasteiger partial charge >= 0.3 is 0 Å². The number of sulfone groups is 1. The van der Waals surface area contributed by atoms with Crippen LogP contribution >= 0.6 is 0 Å². The van der Waals surface area contributed by atoms with Crippen LogP contribution in [0.4, 0.5) is 0 Å². The summed E-state index contributed by atoms with van der Waals surface area (Å²) in [5, 5.41) is 3.53. The number of benzene rings is 1. The van der Waals surface area contributed by atoms with Gasteiger partial charge in [0.15, 0.2) is 0 Å². The molecule has 1 aliphatic heterocycles. The molecule has 1 fully saturated rings. The number of nitrogens with one attached hydrogen (secondary N) is 1. The first-order valence-electron chi connectivity index (χ1n) is 6.41. The molecule has 0 saturated carbocycles. The summed E-state index contributed by atoms with van der Waals surface area (Å²) in [6, 6.07) is 8.34. The SMILES string of the molecule is CC1(c2ccc(CCS(C)(=O)=O)cc2)CCCN1. The van der Waals surface area contributed by atoms with Crippen LogP contribution in [0, 0.1) is 0 Å². The van der Waals surface area contributed by atoms with Gasteiger partial charge in [0.2, 0.25) is 0 Å². The Bertz CT molecular complexity index is 499. The van der Waals surface area contributed by atoms with Crippen LogP contribution < -0.4 is 5.32 Å². The van der Waals surface area contributed by atoms with Crippen molar-refractivity contribution in [2.45, 2.75) is 31.7 Å². The molecule has 0 bridgehead atoms. The topological polar surface area (TPSA) is 46.2 Å². The van der Waals surface area contributed by atoms with E-state index < -0.39 is 9.84 Å². The highest BCUT2D eigenvalue weighted by Crippen LogP contribution is 2.30. The molecule has 2 rings (SSSR count). The molecule has 18 heavy (non-hydrogen) atoms. The van der Waals surface area contributed by atoms with Crippen molar-refractivity contribution >= 4 is 9.84 Å². The average molecular weight is 267 g/mol. The van der Waals surface area contributed by atoms with Crippen LogP contribution in [0.25, 0.3) is 0 Å². The van der Waals surface area contributed by atoms with Crippen molar-refractivity contribution in [1.82, 2.24) is 5.32 Å². The van der Waals surface area contributed by atoms with Gasteiger partial charge in [0.05, 0.1) is 5.75 Å². The van der Waals surface area contributed by atoms with Gasteiger partial charge in [0.25, 0.3) is 0 Å². The van der Waals surface area contributed by atoms with Gasteiger partial charge in [-0.3, -0.25) is 0 Å². The normalized spacial score (nSPS) is 24.3. The number of hydrogen-bond acceptors (Lipinski definition) is 3. The van der Waals surface area contributed by atoms with Crippen molar-refractivity contribution < 1.29 is 8.42 Å². The summed E-state index contributed by atoms with van der Waals surface area (Å²) in [7, 11) is -2.87. The first-order chi connectivity index (χ1) is 8.39. The van der Waals surface area contributed by atoms with Crippen molar-refractivity contribution in [3.63, 3.8) is 0 Å². The quantitative estimate of drug-likeness (QED) is 0.906. The fraction of sp³-hybridized carbons (Fsp3) is 0.571. The number of aryl methyl sites for hydroxylation is 1. The first-order valence-corrected chi connectivity index (χ1v) is 8.47. The molecule has 1 aromatic rings. The highest BCUT2D eigenvalue weighted by molar-refractivity contribution is 7.90. The van der Waals surface area contributed by atoms with Gasteiger partial charge in [0.1, 0.15) is 9.84 Å². The Morgan fingerprint density at radius 2 is 1.94 bits per heavy atom. The predicted octanol–water partition coefficient (Wildman–Crippen LogP) is 1.87. The van der Waals surface area contributed by atoms with Gasteiger partial charge in [-0.15, -0.1) is 0 Å². The summed E-state index contributed by atoms with van der Waals surface area (Å²) in [6.45, 7) is 3.30. The van der Waals surface area contributed by atoms with Crippen LogP contribution in [0.3, 0.4) is 0 Å². The third-order valence-electron chi connectivity index (χ3n) is 3.72. The second kappa shape index (κ2) is 5.02. The molecule has 4 heteroatoms. The zero-order valence-corrected chi connectivity index (χ0v) is 11.9. The van der Waals surface area contributed by atoms with Gasteiger partial charge in [-0.05, 0) is 43.9 Å². The zero-order chi connectivity index (χ0) is 13.2. The molecule has 1 saturated heterocycles. The van der Waals surface area contributed by atoms with Crippen LogP contribution in [0.2, 0.25) is 0 Å². The van der Waals surface area contributed by atoms with E-state index in [0.29, 0.717) is 6.42 Å². The number of rotatable bonds is 4. The molecular formula is C14H21NO2S. The minimum atomic E-state index is -2.87. The zero-order valence-electron chi connectivity index (χ0n) is 11.1. The Morgan fingerprint density at radius 1 is 1.28 bits per heavy atom. The molecular weight excluding hydrogens is 246 g/mol. The maximum absolute atomic E-state index is 11.1. The van der Waals surface area contributed by atoms with Crippen molar-refractivity contribution in [3.8, 4) is 0 Å². The maximum Gasteiger partial charge on any atom is 0.147 e. The van der Waals surface area contributed by atoms with E-state index >= 15 is 0 Å². The third-order valence-corrected chi connectivity index (χ3v) is 4.67. The van der Waals surface area contributed by atoms with Crippen molar-refractivity contribution in [2.24, 2.45) is 0 Å². The minimum absolute atomic E-state index is 0.0926. The Kier molecular flexibility index (Phi) is 3.78. The van der Waals surface area contributed by atoms with Crippen LogP contribution in [-0.2, 0) is 21.8 Å². The van der Waals surface area contributed by atoms with Crippen LogP contribution in [-0.4, -0.2) is 27.0 Å². The molecule has 0 spiro atoms. The summed E-state index contributed by atoms with van der Waals surface area (Å²) in [4.78, 5) is 0. The van der Waals surface area contributed by atoms with Crippen LogP contribution in [0.5, 0.6) is 0 Å². The summed E-state index contributed by atoms with van der Waals surface area (Å²) < 4.78 is 22.2. The first kappa shape index (κ1) is 13.6. The summed E-state index contributed by atoms with van der Waals surface area (Å²) in [5.74, 6) is 0.224. The molecule has 0 aliphatic carbocycles. The fourth-order valence-electron chi connectivity index (χ4n) is 2.48. The fourth-order valence-corrected chi connectivity index (χ4v) is 3.09. The van der Waals surface area contributed by atoms with Crippen LogP contribution in [0.15, 0.2) is 24.3 Å². The lowest BCUT2D eigenvalue weighted by Crippen LogP contribution is -2.32. The van der Waals surface area contributed by atoms with E-state index in [-0.39, 0.29) is 11.3 Å². The monoisotopic (exact) mass is 267 g/mol. The van der Waals surface area contributed by atoms with Gasteiger partial charge < -0.3 is 5.32 Å². The predicted molar refractivity (Wildman–Crippen MR) is 74.4 cm³/mol. The molecule has 100 valence electrons. The van der Waals surface area contributed by atoms with Gasteiger partial charge in [-0.2, -0.15) is 0 Å². The molecule has 1 heterocycles. The second-order valence-electron chi connectivity index (χ2n) is 5.44. The third kappa shape index (κ3) is 3.33. The Morgan fingerprint density at radius 3 is 2.44 bits per heavy atom. The molecule has 0 aromatic heterocycles. The smallest absolute Gasteiger partial charge is 0.147 e. The number of hydrogen-bond donors (Lipinski definition) is 1. The Labute approximate surface area is 110 Å². The van der Waals surface area contributed by atoms with Crippen LogP contribution in [0.1, 0.15) is 30.9 Å². The second-order valence-corrected chi connectivity index (χ2v) is 7.70. The molecule has 1 aromatic carbocycles. The Balaban J connectivity index is 2.06. The molecule has 0 radical (unpaired) electrons. The lowest BCUT2D eigenvalue weighted by molar-refractivity contribution is 0.434. The standard InChI is InChI=1S/C14H21NO2S/c1-14(9-3-10-15-14)13-6-4-12(5-7-13)8-11-18(2,16)17/h4-7,15H,3,8-11H2,1-2H3. The van der Waals surface area contributed by atoms with E-state index in [0.717, 1.165) is 18.5 Å². The molecule has 1 N–H and O–H groups in total. The van der Waals surface area contributed by atoms with Gasteiger partial charge in [-0.1, -0.05) is 24.3 Å². The average Bonchev–Trinajstić information content (AvgIpc) is 2.75. The van der Waals surface area contributed by atoms with Crippen molar-refractivity contribution in [2.75, 3.05) is 18.6 Å².